The molecule has 2 rings (SSSR count). The molecule has 0 spiro atoms. The maximum atomic E-state index is 3.77. The van der Waals surface area contributed by atoms with Crippen LogP contribution in [0.5, 0.6) is 0 Å². The summed E-state index contributed by atoms with van der Waals surface area (Å²) in [5.74, 6) is 0.770. The van der Waals surface area contributed by atoms with Gasteiger partial charge in [-0.3, -0.25) is 0 Å². The molecule has 2 atom stereocenters. The van der Waals surface area contributed by atoms with Gasteiger partial charge in [-0.25, -0.2) is 0 Å². The van der Waals surface area contributed by atoms with Crippen LogP contribution in [0.3, 0.4) is 0 Å². The van der Waals surface area contributed by atoms with Crippen molar-refractivity contribution >= 4 is 0 Å². The molecule has 1 aromatic rings. The molecule has 0 heterocycles. The van der Waals surface area contributed by atoms with Crippen LogP contribution in [0.2, 0.25) is 0 Å². The van der Waals surface area contributed by atoms with Crippen molar-refractivity contribution in [1.82, 2.24) is 5.32 Å². The predicted molar refractivity (Wildman–Crippen MR) is 92.8 cm³/mol. The van der Waals surface area contributed by atoms with E-state index in [1.165, 1.54) is 56.9 Å². The third kappa shape index (κ3) is 4.32. The van der Waals surface area contributed by atoms with Crippen LogP contribution >= 0.6 is 0 Å². The first kappa shape index (κ1) is 16.5. The Kier molecular flexibility index (Phi) is 6.76. The Morgan fingerprint density at radius 2 is 1.81 bits per heavy atom. The van der Waals surface area contributed by atoms with Crippen molar-refractivity contribution in [1.29, 1.82) is 0 Å². The first-order valence-corrected chi connectivity index (χ1v) is 9.15. The monoisotopic (exact) mass is 287 g/mol. The van der Waals surface area contributed by atoms with Crippen molar-refractivity contribution in [3.05, 3.63) is 34.9 Å². The quantitative estimate of drug-likeness (QED) is 0.672. The van der Waals surface area contributed by atoms with E-state index in [0.717, 1.165) is 12.5 Å². The lowest BCUT2D eigenvalue weighted by atomic mass is 9.83. The number of hydrogen-bond donors (Lipinski definition) is 1. The Morgan fingerprint density at radius 1 is 1.05 bits per heavy atom. The highest BCUT2D eigenvalue weighted by Crippen LogP contribution is 2.32. The smallest absolute Gasteiger partial charge is 0.0348 e. The molecule has 1 nitrogen and oxygen atoms in total. The van der Waals surface area contributed by atoms with E-state index in [9.17, 15) is 0 Å². The highest BCUT2D eigenvalue weighted by Gasteiger charge is 2.21. The van der Waals surface area contributed by atoms with E-state index in [-0.39, 0.29) is 0 Å². The molecule has 0 bridgehead atoms. The van der Waals surface area contributed by atoms with Crippen molar-refractivity contribution in [3.63, 3.8) is 0 Å². The van der Waals surface area contributed by atoms with Crippen molar-refractivity contribution in [2.24, 2.45) is 5.92 Å². The van der Waals surface area contributed by atoms with Crippen molar-refractivity contribution in [2.75, 3.05) is 6.54 Å². The van der Waals surface area contributed by atoms with Gasteiger partial charge in [0.25, 0.3) is 0 Å². The molecular weight excluding hydrogens is 254 g/mol. The predicted octanol–water partition coefficient (Wildman–Crippen LogP) is 5.43. The number of benzene rings is 1. The van der Waals surface area contributed by atoms with Crippen LogP contribution in [0.1, 0.15) is 82.0 Å². The zero-order valence-electron chi connectivity index (χ0n) is 14.3. The van der Waals surface area contributed by atoms with E-state index in [1.807, 2.05) is 0 Å². The Morgan fingerprint density at radius 3 is 2.48 bits per heavy atom. The lowest BCUT2D eigenvalue weighted by molar-refractivity contribution is 0.327. The molecule has 0 aromatic heterocycles. The van der Waals surface area contributed by atoms with E-state index < -0.39 is 0 Å². The number of rotatable bonds is 8. The van der Waals surface area contributed by atoms with Crippen LogP contribution in [-0.4, -0.2) is 6.54 Å². The second-order valence-electron chi connectivity index (χ2n) is 6.58. The van der Waals surface area contributed by atoms with E-state index in [0.29, 0.717) is 6.04 Å². The Hall–Kier alpha value is -0.820. The third-order valence-electron chi connectivity index (χ3n) is 5.08. The van der Waals surface area contributed by atoms with Crippen molar-refractivity contribution in [2.45, 2.75) is 78.2 Å². The van der Waals surface area contributed by atoms with Crippen molar-refractivity contribution in [3.8, 4) is 0 Å². The van der Waals surface area contributed by atoms with Crippen LogP contribution in [0.15, 0.2) is 18.2 Å². The fourth-order valence-corrected chi connectivity index (χ4v) is 3.80. The zero-order valence-corrected chi connectivity index (χ0v) is 14.3. The molecular formula is C20H33N. The van der Waals surface area contributed by atoms with Gasteiger partial charge >= 0.3 is 0 Å². The van der Waals surface area contributed by atoms with Gasteiger partial charge in [0.05, 0.1) is 0 Å². The summed E-state index contributed by atoms with van der Waals surface area (Å²) < 4.78 is 0. The fourth-order valence-electron chi connectivity index (χ4n) is 3.80. The van der Waals surface area contributed by atoms with Gasteiger partial charge in [-0.1, -0.05) is 58.2 Å². The summed E-state index contributed by atoms with van der Waals surface area (Å²) in [6.07, 6.45) is 10.6. The minimum atomic E-state index is 0.541. The number of hydrogen-bond acceptors (Lipinski definition) is 1. The largest absolute Gasteiger partial charge is 0.310 e. The van der Waals surface area contributed by atoms with E-state index in [4.69, 9.17) is 0 Å². The highest BCUT2D eigenvalue weighted by atomic mass is 14.9. The first-order valence-electron chi connectivity index (χ1n) is 9.15. The summed E-state index contributed by atoms with van der Waals surface area (Å²) >= 11 is 0. The van der Waals surface area contributed by atoms with Gasteiger partial charge in [0.15, 0.2) is 0 Å². The van der Waals surface area contributed by atoms with Gasteiger partial charge in [-0.2, -0.15) is 0 Å². The average Bonchev–Trinajstić information content (AvgIpc) is 2.54. The minimum absolute atomic E-state index is 0.541. The van der Waals surface area contributed by atoms with Crippen LogP contribution in [0.25, 0.3) is 0 Å². The SMILES string of the molecule is CCCCC(CC)C(NCC)c1ccc2c(c1)CCCC2. The Balaban J connectivity index is 2.19. The molecule has 1 aliphatic carbocycles. The molecule has 1 N–H and O–H groups in total. The zero-order chi connectivity index (χ0) is 15.1. The van der Waals surface area contributed by atoms with Gasteiger partial charge < -0.3 is 5.32 Å². The number of aryl methyl sites for hydroxylation is 2. The van der Waals surface area contributed by atoms with Crippen molar-refractivity contribution < 1.29 is 0 Å². The molecule has 0 radical (unpaired) electrons. The summed E-state index contributed by atoms with van der Waals surface area (Å²) in [5.41, 5.74) is 4.74. The molecule has 0 saturated heterocycles. The number of nitrogens with one attached hydrogen (secondary N) is 1. The normalized spacial score (nSPS) is 17.3. The number of fused-ring (bicyclic) bond motifs is 1. The van der Waals surface area contributed by atoms with Gasteiger partial charge in [-0.15, -0.1) is 0 Å². The lowest BCUT2D eigenvalue weighted by Gasteiger charge is -2.29. The summed E-state index contributed by atoms with van der Waals surface area (Å²) in [7, 11) is 0. The van der Waals surface area contributed by atoms with Gasteiger partial charge in [0.2, 0.25) is 0 Å². The van der Waals surface area contributed by atoms with E-state index in [2.05, 4.69) is 44.3 Å². The molecule has 118 valence electrons. The summed E-state index contributed by atoms with van der Waals surface area (Å²) in [5, 5.41) is 3.77. The maximum absolute atomic E-state index is 3.77. The standard InChI is InChI=1S/C20H33N/c1-4-7-10-16(5-2)20(21-6-3)19-14-13-17-11-8-9-12-18(17)15-19/h13-16,20-21H,4-12H2,1-3H3. The first-order chi connectivity index (χ1) is 10.3. The van der Waals surface area contributed by atoms with Crippen LogP contribution in [-0.2, 0) is 12.8 Å². The topological polar surface area (TPSA) is 12.0 Å². The molecule has 0 amide bonds. The number of unbranched alkanes of at least 4 members (excludes halogenated alkanes) is 1. The maximum Gasteiger partial charge on any atom is 0.0348 e. The highest BCUT2D eigenvalue weighted by molar-refractivity contribution is 5.35. The van der Waals surface area contributed by atoms with Gasteiger partial charge in [0, 0.05) is 6.04 Å². The lowest BCUT2D eigenvalue weighted by Crippen LogP contribution is -2.28. The average molecular weight is 287 g/mol. The molecule has 1 aliphatic rings. The summed E-state index contributed by atoms with van der Waals surface area (Å²) in [4.78, 5) is 0. The second-order valence-corrected chi connectivity index (χ2v) is 6.58. The van der Waals surface area contributed by atoms with E-state index >= 15 is 0 Å². The van der Waals surface area contributed by atoms with Crippen LogP contribution in [0, 0.1) is 5.92 Å². The molecule has 1 aromatic carbocycles. The molecule has 1 heteroatoms. The molecule has 0 fully saturated rings. The Bertz CT molecular complexity index is 424. The fraction of sp³-hybridized carbons (Fsp3) is 0.700. The third-order valence-corrected chi connectivity index (χ3v) is 5.08. The van der Waals surface area contributed by atoms with Crippen LogP contribution < -0.4 is 5.32 Å². The van der Waals surface area contributed by atoms with E-state index in [1.54, 1.807) is 11.1 Å². The van der Waals surface area contributed by atoms with Crippen LogP contribution in [0.4, 0.5) is 0 Å². The summed E-state index contributed by atoms with van der Waals surface area (Å²) in [6, 6.07) is 7.85. The molecule has 0 aliphatic heterocycles. The second kappa shape index (κ2) is 8.58. The molecule has 0 saturated carbocycles. The Labute approximate surface area is 131 Å². The molecule has 21 heavy (non-hydrogen) atoms. The van der Waals surface area contributed by atoms with Gasteiger partial charge in [-0.05, 0) is 61.3 Å². The summed E-state index contributed by atoms with van der Waals surface area (Å²) in [6.45, 7) is 7.94. The minimum Gasteiger partial charge on any atom is -0.310 e. The molecule has 2 unspecified atom stereocenters. The van der Waals surface area contributed by atoms with Gasteiger partial charge in [0.1, 0.15) is 0 Å².